The highest BCUT2D eigenvalue weighted by molar-refractivity contribution is 7.99. The Balaban J connectivity index is 1.39. The van der Waals surface area contributed by atoms with Gasteiger partial charge in [0.2, 0.25) is 11.6 Å². The molecule has 0 saturated carbocycles. The normalized spacial score (nSPS) is 12.9. The van der Waals surface area contributed by atoms with Gasteiger partial charge in [0.1, 0.15) is 11.1 Å². The lowest BCUT2D eigenvalue weighted by atomic mass is 9.96. The Bertz CT molecular complexity index is 1070. The summed E-state index contributed by atoms with van der Waals surface area (Å²) < 4.78 is 6.22. The molecule has 0 fully saturated rings. The number of hydrogen-bond acceptors (Lipinski definition) is 7. The number of carbonyl (C=O) groups is 1. The van der Waals surface area contributed by atoms with Crippen molar-refractivity contribution in [3.05, 3.63) is 46.3 Å². The maximum atomic E-state index is 12.4. The van der Waals surface area contributed by atoms with Crippen molar-refractivity contribution in [2.75, 3.05) is 11.1 Å². The van der Waals surface area contributed by atoms with E-state index in [9.17, 15) is 15.2 Å². The van der Waals surface area contributed by atoms with Gasteiger partial charge in [-0.25, -0.2) is 0 Å². The van der Waals surface area contributed by atoms with E-state index in [4.69, 9.17) is 4.52 Å². The van der Waals surface area contributed by atoms with Crippen molar-refractivity contribution in [3.63, 3.8) is 0 Å². The van der Waals surface area contributed by atoms with E-state index in [1.165, 1.54) is 32.7 Å². The van der Waals surface area contributed by atoms with Gasteiger partial charge in [0.05, 0.1) is 10.8 Å². The average Bonchev–Trinajstić information content (AvgIpc) is 3.28. The molecule has 3 aromatic rings. The first-order chi connectivity index (χ1) is 14.2. The van der Waals surface area contributed by atoms with Gasteiger partial charge in [-0.05, 0) is 35.9 Å². The number of amides is 1. The van der Waals surface area contributed by atoms with Crippen LogP contribution in [0, 0.1) is 11.3 Å². The molecule has 0 aliphatic heterocycles. The van der Waals surface area contributed by atoms with Gasteiger partial charge >= 0.3 is 0 Å². The van der Waals surface area contributed by atoms with Crippen LogP contribution < -0.4 is 15.1 Å². The maximum absolute atomic E-state index is 12.4. The first-order valence-electron chi connectivity index (χ1n) is 9.29. The molecule has 0 atom stereocenters. The summed E-state index contributed by atoms with van der Waals surface area (Å²) in [4.78, 5) is 13.6. The Kier molecular flexibility index (Phi) is 5.83. The molecule has 0 spiro atoms. The summed E-state index contributed by atoms with van der Waals surface area (Å²) in [5.74, 6) is -0.318. The highest BCUT2D eigenvalue weighted by atomic mass is 32.2. The van der Waals surface area contributed by atoms with E-state index >= 15 is 0 Å². The monoisotopic (exact) mass is 426 g/mol. The number of carbonyl (C=O) groups excluding carboxylic acids is 1. The fourth-order valence-electron chi connectivity index (χ4n) is 3.30. The first kappa shape index (κ1) is 19.5. The van der Waals surface area contributed by atoms with Crippen LogP contribution in [-0.2, 0) is 17.6 Å². The van der Waals surface area contributed by atoms with E-state index in [2.05, 4.69) is 16.7 Å². The molecule has 0 unspecified atom stereocenters. The number of para-hydroxylation sites is 1. The van der Waals surface area contributed by atoms with Crippen LogP contribution in [0.25, 0.3) is 5.69 Å². The van der Waals surface area contributed by atoms with E-state index in [0.29, 0.717) is 27.0 Å². The minimum Gasteiger partial charge on any atom is -0.538 e. The van der Waals surface area contributed by atoms with Crippen molar-refractivity contribution < 1.29 is 19.1 Å². The molecule has 7 nitrogen and oxygen atoms in total. The van der Waals surface area contributed by atoms with E-state index in [-0.39, 0.29) is 12.3 Å². The number of nitriles is 1. The minimum atomic E-state index is -0.531. The van der Waals surface area contributed by atoms with Gasteiger partial charge in [0.25, 0.3) is 5.03 Å². The molecule has 29 heavy (non-hydrogen) atoms. The highest BCUT2D eigenvalue weighted by Crippen LogP contribution is 2.37. The zero-order chi connectivity index (χ0) is 20.2. The lowest BCUT2D eigenvalue weighted by Crippen LogP contribution is -2.34. The van der Waals surface area contributed by atoms with Crippen LogP contribution in [0.1, 0.15) is 35.3 Å². The third-order valence-electron chi connectivity index (χ3n) is 4.68. The Morgan fingerprint density at radius 2 is 2.14 bits per heavy atom. The van der Waals surface area contributed by atoms with Crippen LogP contribution in [0.3, 0.4) is 0 Å². The van der Waals surface area contributed by atoms with Crippen molar-refractivity contribution in [1.82, 2.24) is 5.27 Å². The number of thioether (sulfide) groups is 1. The molecule has 1 aliphatic rings. The fourth-order valence-corrected chi connectivity index (χ4v) is 5.45. The quantitative estimate of drug-likeness (QED) is 0.480. The Morgan fingerprint density at radius 1 is 1.34 bits per heavy atom. The third kappa shape index (κ3) is 4.13. The van der Waals surface area contributed by atoms with Crippen LogP contribution in [0.15, 0.2) is 39.9 Å². The van der Waals surface area contributed by atoms with E-state index < -0.39 is 5.95 Å². The number of aromatic nitrogens is 2. The zero-order valence-electron chi connectivity index (χ0n) is 15.5. The van der Waals surface area contributed by atoms with Crippen LogP contribution in [0.5, 0.6) is 5.95 Å². The second-order valence-corrected chi connectivity index (χ2v) is 8.78. The summed E-state index contributed by atoms with van der Waals surface area (Å²) >= 11 is 2.73. The molecular weight excluding hydrogens is 408 g/mol. The van der Waals surface area contributed by atoms with Crippen molar-refractivity contribution >= 4 is 34.0 Å². The summed E-state index contributed by atoms with van der Waals surface area (Å²) in [7, 11) is 0. The van der Waals surface area contributed by atoms with Crippen molar-refractivity contribution in [1.29, 1.82) is 5.26 Å². The molecule has 0 radical (unpaired) electrons. The summed E-state index contributed by atoms with van der Waals surface area (Å²) in [5.41, 5.74) is 2.42. The molecular formula is C20H18N4O3S2. The third-order valence-corrected chi connectivity index (χ3v) is 6.91. The molecule has 1 amide bonds. The van der Waals surface area contributed by atoms with Crippen molar-refractivity contribution in [2.45, 2.75) is 37.1 Å². The molecule has 148 valence electrons. The molecule has 1 N–H and O–H groups in total. The second-order valence-electron chi connectivity index (χ2n) is 6.59. The van der Waals surface area contributed by atoms with Gasteiger partial charge in [-0.15, -0.1) is 11.3 Å². The number of benzene rings is 1. The topological polar surface area (TPSA) is 106 Å². The van der Waals surface area contributed by atoms with Gasteiger partial charge < -0.3 is 14.9 Å². The predicted molar refractivity (Wildman–Crippen MR) is 107 cm³/mol. The number of anilines is 1. The maximum Gasteiger partial charge on any atom is 0.297 e. The Hall–Kier alpha value is -2.83. The molecule has 0 saturated heterocycles. The molecule has 4 rings (SSSR count). The smallest absolute Gasteiger partial charge is 0.297 e. The van der Waals surface area contributed by atoms with Crippen molar-refractivity contribution in [3.8, 4) is 17.7 Å². The number of nitrogens with zero attached hydrogens (tertiary/aromatic N) is 3. The van der Waals surface area contributed by atoms with Gasteiger partial charge in [0.15, 0.2) is 5.95 Å². The summed E-state index contributed by atoms with van der Waals surface area (Å²) in [6.45, 7) is 0. The Morgan fingerprint density at radius 3 is 2.93 bits per heavy atom. The molecule has 2 heterocycles. The molecule has 1 aliphatic carbocycles. The standard InChI is InChI=1S/C20H18N4O3S2/c21-12-15-14-8-4-5-9-16(14)29-18(15)22-17(25)10-11-28-19-20(26)27-23-24(19)13-6-2-1-3-7-13/h1-3,6-7H,4-5,8-11H2,(H-,22,23,25,26). The lowest BCUT2D eigenvalue weighted by Gasteiger charge is -2.09. The number of rotatable bonds is 6. The minimum absolute atomic E-state index is 0.178. The largest absolute Gasteiger partial charge is 0.538 e. The lowest BCUT2D eigenvalue weighted by molar-refractivity contribution is -0.705. The molecule has 0 bridgehead atoms. The summed E-state index contributed by atoms with van der Waals surface area (Å²) in [6.07, 6.45) is 4.29. The average molecular weight is 427 g/mol. The van der Waals surface area contributed by atoms with Gasteiger partial charge in [-0.2, -0.15) is 5.26 Å². The predicted octanol–water partition coefficient (Wildman–Crippen LogP) is 2.96. The second kappa shape index (κ2) is 8.68. The van der Waals surface area contributed by atoms with Crippen LogP contribution in [-0.4, -0.2) is 16.9 Å². The summed E-state index contributed by atoms with van der Waals surface area (Å²) in [6, 6.07) is 11.4. The van der Waals surface area contributed by atoms with Gasteiger partial charge in [-0.1, -0.05) is 30.0 Å². The number of nitrogens with one attached hydrogen (secondary N) is 1. The van der Waals surface area contributed by atoms with Gasteiger partial charge in [-0.3, -0.25) is 4.79 Å². The van der Waals surface area contributed by atoms with Crippen LogP contribution in [0.2, 0.25) is 0 Å². The highest BCUT2D eigenvalue weighted by Gasteiger charge is 2.23. The molecule has 1 aromatic carbocycles. The first-order valence-corrected chi connectivity index (χ1v) is 11.1. The summed E-state index contributed by atoms with van der Waals surface area (Å²) in [5, 5.41) is 29.1. The number of aryl methyl sites for hydroxylation is 1. The SMILES string of the molecule is N#Cc1c(NC(=O)CCSc2c([O-])on[n+]2-c2ccccc2)sc2c1CCCC2. The van der Waals surface area contributed by atoms with Gasteiger partial charge in [0, 0.05) is 29.2 Å². The Labute approximate surface area is 175 Å². The molecule has 9 heteroatoms. The number of thiophene rings is 1. The van der Waals surface area contributed by atoms with E-state index in [1.54, 1.807) is 0 Å². The zero-order valence-corrected chi connectivity index (χ0v) is 17.1. The van der Waals surface area contributed by atoms with E-state index in [0.717, 1.165) is 31.2 Å². The van der Waals surface area contributed by atoms with Crippen LogP contribution in [0.4, 0.5) is 5.00 Å². The van der Waals surface area contributed by atoms with Crippen LogP contribution >= 0.6 is 23.1 Å². The van der Waals surface area contributed by atoms with Crippen molar-refractivity contribution in [2.24, 2.45) is 0 Å². The number of hydrogen-bond donors (Lipinski definition) is 1. The molecule has 2 aromatic heterocycles. The number of fused-ring (bicyclic) bond motifs is 1. The van der Waals surface area contributed by atoms with E-state index in [1.807, 2.05) is 30.3 Å². The fraction of sp³-hybridized carbons (Fsp3) is 0.300.